The van der Waals surface area contributed by atoms with Crippen molar-refractivity contribution in [1.82, 2.24) is 20.2 Å². The third kappa shape index (κ3) is 3.10. The maximum Gasteiger partial charge on any atom is 0.232 e. The maximum atomic E-state index is 4.79. The number of benzene rings is 2. The normalized spacial score (nSPS) is 13.7. The zero-order chi connectivity index (χ0) is 18.2. The summed E-state index contributed by atoms with van der Waals surface area (Å²) in [5.74, 6) is 2.82. The summed E-state index contributed by atoms with van der Waals surface area (Å²) in [6.07, 6.45) is 2.48. The van der Waals surface area contributed by atoms with Gasteiger partial charge in [0.25, 0.3) is 0 Å². The topological polar surface area (TPSA) is 69.7 Å². The summed E-state index contributed by atoms with van der Waals surface area (Å²) < 4.78 is 0. The number of hydrogen-bond donors (Lipinski definition) is 2. The molecule has 6 nitrogen and oxygen atoms in total. The molecule has 0 amide bonds. The first-order valence-electron chi connectivity index (χ1n) is 9.16. The second-order valence-electron chi connectivity index (χ2n) is 6.89. The van der Waals surface area contributed by atoms with Gasteiger partial charge in [-0.25, -0.2) is 4.98 Å². The fraction of sp³-hybridized carbons (Fsp3) is 0.190. The van der Waals surface area contributed by atoms with Crippen LogP contribution in [-0.4, -0.2) is 27.2 Å². The zero-order valence-electron chi connectivity index (χ0n) is 15.1. The monoisotopic (exact) mass is 356 g/mol. The summed E-state index contributed by atoms with van der Waals surface area (Å²) in [5.41, 5.74) is 3.12. The average molecular weight is 356 g/mol. The van der Waals surface area contributed by atoms with E-state index < -0.39 is 0 Å². The third-order valence-corrected chi connectivity index (χ3v) is 4.90. The lowest BCUT2D eigenvalue weighted by molar-refractivity contribution is 0.966. The minimum absolute atomic E-state index is 0.634. The van der Waals surface area contributed by atoms with E-state index >= 15 is 0 Å². The molecule has 27 heavy (non-hydrogen) atoms. The van der Waals surface area contributed by atoms with Crippen LogP contribution in [0.3, 0.4) is 0 Å². The van der Waals surface area contributed by atoms with E-state index in [-0.39, 0.29) is 0 Å². The highest BCUT2D eigenvalue weighted by Crippen LogP contribution is 2.40. The molecule has 5 rings (SSSR count). The molecule has 1 aliphatic rings. The number of anilines is 4. The second-order valence-corrected chi connectivity index (χ2v) is 6.89. The van der Waals surface area contributed by atoms with Crippen molar-refractivity contribution < 1.29 is 0 Å². The molecule has 134 valence electrons. The predicted octanol–water partition coefficient (Wildman–Crippen LogP) is 4.74. The van der Waals surface area contributed by atoms with Crippen molar-refractivity contribution in [3.05, 3.63) is 66.4 Å². The van der Waals surface area contributed by atoms with Crippen molar-refractivity contribution in [2.45, 2.75) is 18.8 Å². The number of nitrogens with one attached hydrogen (secondary N) is 2. The highest BCUT2D eigenvalue weighted by molar-refractivity contribution is 5.91. The van der Waals surface area contributed by atoms with Gasteiger partial charge in [0.2, 0.25) is 5.95 Å². The van der Waals surface area contributed by atoms with Crippen molar-refractivity contribution in [1.29, 1.82) is 0 Å². The van der Waals surface area contributed by atoms with E-state index in [1.807, 2.05) is 66.5 Å². The number of fused-ring (bicyclic) bond motifs is 1. The Hall–Kier alpha value is -3.41. The SMILES string of the molecule is CN(c1ccccc1)c1nc(Nc2cc(C3CC3)[nH]n2)c2ccccc2n1. The fourth-order valence-corrected chi connectivity index (χ4v) is 3.20. The van der Waals surface area contributed by atoms with E-state index in [1.165, 1.54) is 18.5 Å². The molecule has 0 saturated heterocycles. The lowest BCUT2D eigenvalue weighted by atomic mass is 10.2. The van der Waals surface area contributed by atoms with Crippen LogP contribution >= 0.6 is 0 Å². The number of rotatable bonds is 5. The lowest BCUT2D eigenvalue weighted by Gasteiger charge is -2.19. The van der Waals surface area contributed by atoms with Gasteiger partial charge >= 0.3 is 0 Å². The van der Waals surface area contributed by atoms with Crippen LogP contribution < -0.4 is 10.2 Å². The summed E-state index contributed by atoms with van der Waals surface area (Å²) in [5, 5.41) is 11.9. The summed E-state index contributed by atoms with van der Waals surface area (Å²) >= 11 is 0. The fourth-order valence-electron chi connectivity index (χ4n) is 3.20. The quantitative estimate of drug-likeness (QED) is 0.540. The Kier molecular flexibility index (Phi) is 3.74. The molecule has 2 aromatic heterocycles. The van der Waals surface area contributed by atoms with Gasteiger partial charge in [0.15, 0.2) is 5.82 Å². The number of aromatic nitrogens is 4. The molecule has 0 atom stereocenters. The van der Waals surface area contributed by atoms with E-state index in [2.05, 4.69) is 21.6 Å². The summed E-state index contributed by atoms with van der Waals surface area (Å²) in [7, 11) is 1.98. The molecule has 2 aromatic carbocycles. The Labute approximate surface area is 157 Å². The number of hydrogen-bond acceptors (Lipinski definition) is 5. The largest absolute Gasteiger partial charge is 0.323 e. The van der Waals surface area contributed by atoms with Crippen molar-refractivity contribution in [3.8, 4) is 0 Å². The molecule has 2 heterocycles. The third-order valence-electron chi connectivity index (χ3n) is 4.90. The van der Waals surface area contributed by atoms with E-state index in [9.17, 15) is 0 Å². The number of para-hydroxylation sites is 2. The minimum atomic E-state index is 0.634. The molecule has 6 heteroatoms. The van der Waals surface area contributed by atoms with E-state index in [1.54, 1.807) is 0 Å². The van der Waals surface area contributed by atoms with Gasteiger partial charge in [-0.15, -0.1) is 0 Å². The van der Waals surface area contributed by atoms with Crippen LogP contribution in [0.5, 0.6) is 0 Å². The molecule has 0 unspecified atom stereocenters. The molecule has 2 N–H and O–H groups in total. The van der Waals surface area contributed by atoms with Gasteiger partial charge in [-0.1, -0.05) is 30.3 Å². The minimum Gasteiger partial charge on any atom is -0.323 e. The van der Waals surface area contributed by atoms with E-state index in [0.29, 0.717) is 11.9 Å². The van der Waals surface area contributed by atoms with Gasteiger partial charge in [0, 0.05) is 35.8 Å². The van der Waals surface area contributed by atoms with E-state index in [4.69, 9.17) is 9.97 Å². The van der Waals surface area contributed by atoms with E-state index in [0.717, 1.165) is 28.2 Å². The second kappa shape index (κ2) is 6.39. The van der Waals surface area contributed by atoms with Gasteiger partial charge in [0.05, 0.1) is 5.52 Å². The highest BCUT2D eigenvalue weighted by atomic mass is 15.3. The molecule has 0 spiro atoms. The number of aromatic amines is 1. The molecular weight excluding hydrogens is 336 g/mol. The van der Waals surface area contributed by atoms with Crippen molar-refractivity contribution in [2.24, 2.45) is 0 Å². The smallest absolute Gasteiger partial charge is 0.232 e. The summed E-state index contributed by atoms with van der Waals surface area (Å²) in [6.45, 7) is 0. The molecule has 0 bridgehead atoms. The summed E-state index contributed by atoms with van der Waals surface area (Å²) in [4.78, 5) is 11.5. The van der Waals surface area contributed by atoms with Crippen molar-refractivity contribution in [2.75, 3.05) is 17.3 Å². The molecule has 0 radical (unpaired) electrons. The first-order chi connectivity index (χ1) is 13.3. The van der Waals surface area contributed by atoms with Crippen LogP contribution in [-0.2, 0) is 0 Å². The predicted molar refractivity (Wildman–Crippen MR) is 108 cm³/mol. The molecule has 0 aliphatic heterocycles. The van der Waals surface area contributed by atoms with Crippen LogP contribution in [0.4, 0.5) is 23.3 Å². The average Bonchev–Trinajstić information content (AvgIpc) is 3.47. The molecule has 1 fully saturated rings. The Balaban J connectivity index is 1.55. The van der Waals surface area contributed by atoms with Gasteiger partial charge in [-0.05, 0) is 37.1 Å². The Bertz CT molecular complexity index is 1080. The molecule has 1 aliphatic carbocycles. The van der Waals surface area contributed by atoms with Crippen LogP contribution in [0.15, 0.2) is 60.7 Å². The Morgan fingerprint density at radius 2 is 1.78 bits per heavy atom. The Morgan fingerprint density at radius 1 is 1.00 bits per heavy atom. The van der Waals surface area contributed by atoms with Crippen LogP contribution in [0.1, 0.15) is 24.5 Å². The molecule has 4 aromatic rings. The maximum absolute atomic E-state index is 4.79. The standard InChI is InChI=1S/C21H20N6/c1-27(15-7-3-2-4-8-15)21-22-17-10-6-5-9-16(17)20(24-21)23-19-13-18(25-26-19)14-11-12-14/h2-10,13-14H,11-12H2,1H3,(H2,22,23,24,25,26). The number of nitrogens with zero attached hydrogens (tertiary/aromatic N) is 4. The van der Waals surface area contributed by atoms with Crippen LogP contribution in [0.25, 0.3) is 10.9 Å². The molecular formula is C21H20N6. The van der Waals surface area contributed by atoms with Gasteiger partial charge < -0.3 is 10.2 Å². The lowest BCUT2D eigenvalue weighted by Crippen LogP contribution is -2.14. The van der Waals surface area contributed by atoms with Crippen molar-refractivity contribution in [3.63, 3.8) is 0 Å². The summed E-state index contributed by atoms with van der Waals surface area (Å²) in [6, 6.07) is 20.2. The Morgan fingerprint density at radius 3 is 2.59 bits per heavy atom. The first kappa shape index (κ1) is 15.8. The first-order valence-corrected chi connectivity index (χ1v) is 9.16. The van der Waals surface area contributed by atoms with Crippen LogP contribution in [0, 0.1) is 0 Å². The zero-order valence-corrected chi connectivity index (χ0v) is 15.1. The van der Waals surface area contributed by atoms with Crippen molar-refractivity contribution >= 4 is 34.2 Å². The highest BCUT2D eigenvalue weighted by Gasteiger charge is 2.25. The van der Waals surface area contributed by atoms with Crippen LogP contribution in [0.2, 0.25) is 0 Å². The van der Waals surface area contributed by atoms with Gasteiger partial charge in [-0.3, -0.25) is 5.10 Å². The van der Waals surface area contributed by atoms with Gasteiger partial charge in [0.1, 0.15) is 5.82 Å². The number of H-pyrrole nitrogens is 1. The van der Waals surface area contributed by atoms with Gasteiger partial charge in [-0.2, -0.15) is 10.1 Å². The molecule has 1 saturated carbocycles.